The molecule has 8 nitrogen and oxygen atoms in total. The number of likely N-dealkylation sites (tertiary alicyclic amines) is 1. The van der Waals surface area contributed by atoms with Gasteiger partial charge in [0.05, 0.1) is 13.2 Å². The molecule has 5 aliphatic rings. The predicted octanol–water partition coefficient (Wildman–Crippen LogP) is 8.52. The minimum Gasteiger partial charge on any atom is -0.465 e. The Morgan fingerprint density at radius 1 is 0.980 bits per heavy atom. The van der Waals surface area contributed by atoms with Crippen molar-refractivity contribution in [1.82, 2.24) is 10.2 Å². The highest BCUT2D eigenvalue weighted by Crippen LogP contribution is 2.67. The predicted molar refractivity (Wildman–Crippen MR) is 196 cm³/mol. The number of nitrogens with zero attached hydrogens (tertiary/aromatic N) is 1. The summed E-state index contributed by atoms with van der Waals surface area (Å²) >= 11 is 0. The topological polar surface area (TPSA) is 102 Å². The van der Waals surface area contributed by atoms with Gasteiger partial charge in [0.15, 0.2) is 5.78 Å². The molecule has 4 fully saturated rings. The van der Waals surface area contributed by atoms with E-state index in [0.29, 0.717) is 24.8 Å². The van der Waals surface area contributed by atoms with Crippen LogP contribution in [0.25, 0.3) is 0 Å². The van der Waals surface area contributed by atoms with Crippen molar-refractivity contribution in [3.8, 4) is 0 Å². The van der Waals surface area contributed by atoms with Gasteiger partial charge in [-0.15, -0.1) is 0 Å². The van der Waals surface area contributed by atoms with Crippen LogP contribution in [0.1, 0.15) is 138 Å². The smallest absolute Gasteiger partial charge is 0.407 e. The van der Waals surface area contributed by atoms with Crippen molar-refractivity contribution in [3.05, 3.63) is 11.6 Å². The van der Waals surface area contributed by atoms with E-state index in [1.807, 2.05) is 0 Å². The highest BCUT2D eigenvalue weighted by atomic mass is 16.6. The summed E-state index contributed by atoms with van der Waals surface area (Å²) in [5, 5.41) is 2.93. The minimum absolute atomic E-state index is 0.0218. The first-order valence-electron chi connectivity index (χ1n) is 20.4. The van der Waals surface area contributed by atoms with Crippen LogP contribution in [0.15, 0.2) is 11.6 Å². The second-order valence-electron chi connectivity index (χ2n) is 17.8. The first-order chi connectivity index (χ1) is 23.8. The van der Waals surface area contributed by atoms with Gasteiger partial charge in [-0.05, 0) is 117 Å². The van der Waals surface area contributed by atoms with Crippen LogP contribution >= 0.6 is 0 Å². The number of ketones is 1. The quantitative estimate of drug-likeness (QED) is 0.0846. The fourth-order valence-electron chi connectivity index (χ4n) is 11.3. The lowest BCUT2D eigenvalue weighted by molar-refractivity contribution is -0.149. The summed E-state index contributed by atoms with van der Waals surface area (Å²) in [6, 6.07) is 0. The van der Waals surface area contributed by atoms with Gasteiger partial charge in [0.2, 0.25) is 5.91 Å². The van der Waals surface area contributed by atoms with Crippen molar-refractivity contribution >= 4 is 23.8 Å². The standard InChI is InChI=1S/C42H68N2O6/c1-8-49-39(47)33-25-44(26-37(33)45)38(46)12-10-9-11-23-43-40(48)50-31-19-21-41(6)30(24-31)15-16-32-35-18-17-34(42(35,7)22-20-36(32)41)29(5)28(4)14-13-27(2)3/h15,27-29,31-36H,8-14,16-26H2,1-7H3,(H,43,48)/t28?,29?,31-,32?,33?,34+,35?,36?,41-,42+/m0/s1. The number of hydrogen-bond acceptors (Lipinski definition) is 6. The number of carbonyl (C=O) groups excluding carboxylic acids is 4. The molecule has 8 heteroatoms. The van der Waals surface area contributed by atoms with Gasteiger partial charge in [0.25, 0.3) is 0 Å². The fourth-order valence-corrected chi connectivity index (χ4v) is 11.3. The lowest BCUT2D eigenvalue weighted by Gasteiger charge is -2.58. The average Bonchev–Trinajstić information content (AvgIpc) is 3.64. The van der Waals surface area contributed by atoms with Gasteiger partial charge in [-0.25, -0.2) is 4.79 Å². The monoisotopic (exact) mass is 697 g/mol. The number of nitrogens with one attached hydrogen (secondary N) is 1. The number of esters is 1. The average molecular weight is 697 g/mol. The zero-order chi connectivity index (χ0) is 36.2. The van der Waals surface area contributed by atoms with Crippen molar-refractivity contribution in [2.24, 2.45) is 58.2 Å². The van der Waals surface area contributed by atoms with E-state index in [9.17, 15) is 19.2 Å². The van der Waals surface area contributed by atoms with Crippen molar-refractivity contribution < 1.29 is 28.7 Å². The lowest BCUT2D eigenvalue weighted by atomic mass is 9.46. The molecule has 1 aliphatic heterocycles. The molecule has 2 amide bonds. The van der Waals surface area contributed by atoms with Gasteiger partial charge in [0, 0.05) is 25.9 Å². The second kappa shape index (κ2) is 16.5. The third-order valence-electron chi connectivity index (χ3n) is 14.5. The van der Waals surface area contributed by atoms with Crippen LogP contribution in [0.2, 0.25) is 0 Å². The van der Waals surface area contributed by atoms with E-state index in [1.54, 1.807) is 6.92 Å². The summed E-state index contributed by atoms with van der Waals surface area (Å²) in [4.78, 5) is 50.9. The van der Waals surface area contributed by atoms with Crippen LogP contribution < -0.4 is 5.32 Å². The molecular weight excluding hydrogens is 628 g/mol. The molecule has 0 aromatic rings. The molecule has 0 bridgehead atoms. The molecular formula is C42H68N2O6. The first kappa shape index (κ1) is 38.8. The molecule has 282 valence electrons. The highest BCUT2D eigenvalue weighted by Gasteiger charge is 2.59. The number of ether oxygens (including phenoxy) is 2. The molecule has 0 spiro atoms. The van der Waals surface area contributed by atoms with Gasteiger partial charge in [0.1, 0.15) is 12.0 Å². The molecule has 5 rings (SSSR count). The molecule has 0 radical (unpaired) electrons. The number of hydrogen-bond donors (Lipinski definition) is 1. The molecule has 1 N–H and O–H groups in total. The summed E-state index contributed by atoms with van der Waals surface area (Å²) in [7, 11) is 0. The summed E-state index contributed by atoms with van der Waals surface area (Å²) in [6.07, 6.45) is 17.0. The maximum Gasteiger partial charge on any atom is 0.407 e. The Bertz CT molecular complexity index is 1260. The maximum atomic E-state index is 12.7. The van der Waals surface area contributed by atoms with E-state index in [-0.39, 0.29) is 49.0 Å². The number of fused-ring (bicyclic) bond motifs is 5. The van der Waals surface area contributed by atoms with Gasteiger partial charge in [-0.1, -0.05) is 72.5 Å². The summed E-state index contributed by atoms with van der Waals surface area (Å²) < 4.78 is 10.9. The molecule has 4 aliphatic carbocycles. The molecule has 0 aromatic heterocycles. The Morgan fingerprint density at radius 2 is 1.76 bits per heavy atom. The summed E-state index contributed by atoms with van der Waals surface area (Å²) in [6.45, 7) is 17.5. The second-order valence-corrected chi connectivity index (χ2v) is 17.8. The van der Waals surface area contributed by atoms with Gasteiger partial charge < -0.3 is 19.7 Å². The molecule has 50 heavy (non-hydrogen) atoms. The molecule has 3 saturated carbocycles. The van der Waals surface area contributed by atoms with E-state index >= 15 is 0 Å². The Hall–Kier alpha value is -2.38. The van der Waals surface area contributed by atoms with Crippen LogP contribution in [0.4, 0.5) is 4.79 Å². The summed E-state index contributed by atoms with van der Waals surface area (Å²) in [5.41, 5.74) is 2.24. The van der Waals surface area contributed by atoms with E-state index in [0.717, 1.165) is 73.5 Å². The molecule has 1 heterocycles. The van der Waals surface area contributed by atoms with Crippen LogP contribution in [-0.4, -0.2) is 61.0 Å². The largest absolute Gasteiger partial charge is 0.465 e. The van der Waals surface area contributed by atoms with Crippen LogP contribution in [0.3, 0.4) is 0 Å². The lowest BCUT2D eigenvalue weighted by Crippen LogP contribution is -2.51. The van der Waals surface area contributed by atoms with Crippen LogP contribution in [-0.2, 0) is 23.9 Å². The number of carbonyl (C=O) groups is 4. The van der Waals surface area contributed by atoms with Gasteiger partial charge in [-0.2, -0.15) is 0 Å². The third-order valence-corrected chi connectivity index (χ3v) is 14.5. The Balaban J connectivity index is 1.03. The minimum atomic E-state index is -0.857. The van der Waals surface area contributed by atoms with Gasteiger partial charge in [-0.3, -0.25) is 14.4 Å². The molecule has 6 unspecified atom stereocenters. The molecule has 10 atom stereocenters. The zero-order valence-corrected chi connectivity index (χ0v) is 32.4. The third kappa shape index (κ3) is 8.30. The Morgan fingerprint density at radius 3 is 2.50 bits per heavy atom. The van der Waals surface area contributed by atoms with Crippen LogP contribution in [0, 0.1) is 58.2 Å². The molecule has 0 aromatic carbocycles. The summed E-state index contributed by atoms with van der Waals surface area (Å²) in [5.74, 6) is 3.86. The Labute approximate surface area is 302 Å². The normalized spacial score (nSPS) is 34.7. The molecule has 1 saturated heterocycles. The number of Topliss-reactive ketones (excluding diaryl/α,β-unsaturated/α-hetero) is 1. The van der Waals surface area contributed by atoms with E-state index in [1.165, 1.54) is 55.4 Å². The van der Waals surface area contributed by atoms with E-state index in [4.69, 9.17) is 9.47 Å². The van der Waals surface area contributed by atoms with Crippen molar-refractivity contribution in [1.29, 1.82) is 0 Å². The zero-order valence-electron chi connectivity index (χ0n) is 32.4. The number of rotatable bonds is 14. The first-order valence-corrected chi connectivity index (χ1v) is 20.4. The number of allylic oxidation sites excluding steroid dienone is 1. The number of alkyl carbamates (subject to hydrolysis) is 1. The van der Waals surface area contributed by atoms with Crippen molar-refractivity contribution in [2.45, 2.75) is 144 Å². The van der Waals surface area contributed by atoms with Gasteiger partial charge >= 0.3 is 12.1 Å². The fraction of sp³-hybridized carbons (Fsp3) is 0.857. The maximum absolute atomic E-state index is 12.7. The van der Waals surface area contributed by atoms with Crippen LogP contribution in [0.5, 0.6) is 0 Å². The van der Waals surface area contributed by atoms with E-state index < -0.39 is 11.9 Å². The number of unbranched alkanes of at least 4 members (excludes halogenated alkanes) is 2. The number of amides is 2. The van der Waals surface area contributed by atoms with Crippen molar-refractivity contribution in [2.75, 3.05) is 26.2 Å². The highest BCUT2D eigenvalue weighted by molar-refractivity contribution is 6.04. The van der Waals surface area contributed by atoms with Crippen molar-refractivity contribution in [3.63, 3.8) is 0 Å². The Kier molecular flexibility index (Phi) is 12.8. The SMILES string of the molecule is CCOC(=O)C1CN(C(=O)CCCCCNC(=O)O[C@H]2CC[C@@]3(C)C(=CCC4C3CC[C@@]3(C)C4CC[C@@H]3C(C)C(C)CCC(C)C)C2)CC1=O. The van der Waals surface area contributed by atoms with E-state index in [2.05, 4.69) is 52.9 Å².